The van der Waals surface area contributed by atoms with Gasteiger partial charge in [-0.15, -0.1) is 0 Å². The molecular weight excluding hydrogens is 368 g/mol. The predicted molar refractivity (Wildman–Crippen MR) is 132 cm³/mol. The first-order valence-corrected chi connectivity index (χ1v) is 13.4. The fraction of sp³-hybridized carbons (Fsp3) is 0.857. The van der Waals surface area contributed by atoms with Crippen molar-refractivity contribution in [3.8, 4) is 0 Å². The molecule has 30 heavy (non-hydrogen) atoms. The van der Waals surface area contributed by atoms with E-state index in [4.69, 9.17) is 4.74 Å². The summed E-state index contributed by atoms with van der Waals surface area (Å²) in [5, 5.41) is 11.8. The number of hydrogen-bond donors (Lipinski definition) is 0. The molecule has 0 aromatic carbocycles. The van der Waals surface area contributed by atoms with Crippen LogP contribution in [-0.2, 0) is 9.84 Å². The number of unbranched alkanes of at least 4 members (excludes halogenated alkanes) is 17. The molecule has 2 heteroatoms. The number of allylic oxidation sites excluding steroid dienone is 3. The standard InChI is InChI=1S/C28H53O2/c1-3-5-7-9-11-13-15-17-19-21-23-25-27-30-28(29)26-24-22-20-18-16-14-12-10-8-6-4-2/h10,12,25,27-28H,3-9,11,13-24,26H2,1-2H3/b12-10-,27-25?. The summed E-state index contributed by atoms with van der Waals surface area (Å²) in [4.78, 5) is 0. The molecule has 0 amide bonds. The van der Waals surface area contributed by atoms with Crippen LogP contribution in [0.25, 0.3) is 0 Å². The highest BCUT2D eigenvalue weighted by Gasteiger charge is 2.03. The average Bonchev–Trinajstić information content (AvgIpc) is 2.75. The molecule has 0 saturated heterocycles. The molecule has 1 unspecified atom stereocenters. The average molecular weight is 422 g/mol. The number of rotatable bonds is 24. The van der Waals surface area contributed by atoms with E-state index in [2.05, 4.69) is 26.0 Å². The maximum atomic E-state index is 11.8. The second-order valence-electron chi connectivity index (χ2n) is 8.87. The number of ether oxygens (including phenoxy) is 1. The van der Waals surface area contributed by atoms with Crippen molar-refractivity contribution in [3.63, 3.8) is 0 Å². The van der Waals surface area contributed by atoms with Crippen LogP contribution in [-0.4, -0.2) is 6.29 Å². The first-order chi connectivity index (χ1) is 14.8. The van der Waals surface area contributed by atoms with Crippen molar-refractivity contribution in [3.05, 3.63) is 24.5 Å². The van der Waals surface area contributed by atoms with Gasteiger partial charge in [0.2, 0.25) is 6.29 Å². The van der Waals surface area contributed by atoms with Crippen LogP contribution in [0.2, 0.25) is 0 Å². The van der Waals surface area contributed by atoms with Crippen molar-refractivity contribution >= 4 is 0 Å². The first kappa shape index (κ1) is 29.2. The molecule has 1 radical (unpaired) electrons. The molecule has 0 bridgehead atoms. The monoisotopic (exact) mass is 421 g/mol. The van der Waals surface area contributed by atoms with Crippen LogP contribution in [0, 0.1) is 0 Å². The lowest BCUT2D eigenvalue weighted by Gasteiger charge is -2.07. The minimum Gasteiger partial charge on any atom is -0.470 e. The summed E-state index contributed by atoms with van der Waals surface area (Å²) in [6.45, 7) is 4.51. The maximum absolute atomic E-state index is 11.8. The topological polar surface area (TPSA) is 29.1 Å². The van der Waals surface area contributed by atoms with Gasteiger partial charge in [0, 0.05) is 6.42 Å². The lowest BCUT2D eigenvalue weighted by atomic mass is 10.1. The Bertz CT molecular complexity index is 362. The summed E-state index contributed by atoms with van der Waals surface area (Å²) in [6.07, 6.45) is 33.7. The molecule has 0 aliphatic heterocycles. The first-order valence-electron chi connectivity index (χ1n) is 13.4. The Kier molecular flexibility index (Phi) is 25.6. The summed E-state index contributed by atoms with van der Waals surface area (Å²) in [5.41, 5.74) is 0. The molecule has 0 heterocycles. The molecule has 0 aliphatic carbocycles. The van der Waals surface area contributed by atoms with Gasteiger partial charge in [0.15, 0.2) is 0 Å². The quantitative estimate of drug-likeness (QED) is 0.0659. The zero-order valence-electron chi connectivity index (χ0n) is 20.6. The zero-order valence-corrected chi connectivity index (χ0v) is 20.6. The number of hydrogen-bond acceptors (Lipinski definition) is 1. The second-order valence-corrected chi connectivity index (χ2v) is 8.87. The van der Waals surface area contributed by atoms with Crippen molar-refractivity contribution in [2.45, 2.75) is 155 Å². The van der Waals surface area contributed by atoms with Crippen molar-refractivity contribution in [1.82, 2.24) is 0 Å². The predicted octanol–water partition coefficient (Wildman–Crippen LogP) is 10.1. The Morgan fingerprint density at radius 1 is 0.533 bits per heavy atom. The highest BCUT2D eigenvalue weighted by atomic mass is 16.6. The van der Waals surface area contributed by atoms with Gasteiger partial charge in [0.1, 0.15) is 0 Å². The van der Waals surface area contributed by atoms with E-state index in [9.17, 15) is 5.11 Å². The van der Waals surface area contributed by atoms with Gasteiger partial charge in [-0.2, -0.15) is 5.11 Å². The van der Waals surface area contributed by atoms with E-state index < -0.39 is 6.29 Å². The largest absolute Gasteiger partial charge is 0.470 e. The minimum atomic E-state index is -0.879. The fourth-order valence-corrected chi connectivity index (χ4v) is 3.69. The lowest BCUT2D eigenvalue weighted by Crippen LogP contribution is -2.05. The molecular formula is C28H53O2. The molecule has 177 valence electrons. The molecule has 0 fully saturated rings. The molecule has 0 aromatic rings. The summed E-state index contributed by atoms with van der Waals surface area (Å²) < 4.78 is 5.28. The third kappa shape index (κ3) is 25.3. The van der Waals surface area contributed by atoms with Crippen LogP contribution in [0.4, 0.5) is 0 Å². The van der Waals surface area contributed by atoms with E-state index in [0.29, 0.717) is 6.42 Å². The van der Waals surface area contributed by atoms with E-state index in [1.54, 1.807) is 6.26 Å². The van der Waals surface area contributed by atoms with Gasteiger partial charge < -0.3 is 4.74 Å². The van der Waals surface area contributed by atoms with Crippen LogP contribution < -0.4 is 0 Å². The van der Waals surface area contributed by atoms with Gasteiger partial charge in [-0.3, -0.25) is 0 Å². The second kappa shape index (κ2) is 26.3. The van der Waals surface area contributed by atoms with E-state index in [0.717, 1.165) is 19.3 Å². The third-order valence-electron chi connectivity index (χ3n) is 5.75. The van der Waals surface area contributed by atoms with E-state index in [-0.39, 0.29) is 0 Å². The molecule has 0 spiro atoms. The Morgan fingerprint density at radius 2 is 0.967 bits per heavy atom. The van der Waals surface area contributed by atoms with Crippen LogP contribution in [0.15, 0.2) is 24.5 Å². The Labute approximate surface area is 189 Å². The van der Waals surface area contributed by atoms with Gasteiger partial charge in [0.25, 0.3) is 0 Å². The van der Waals surface area contributed by atoms with Crippen molar-refractivity contribution in [2.75, 3.05) is 0 Å². The van der Waals surface area contributed by atoms with Crippen LogP contribution in [0.3, 0.4) is 0 Å². The molecule has 1 atom stereocenters. The zero-order chi connectivity index (χ0) is 22.0. The fourth-order valence-electron chi connectivity index (χ4n) is 3.69. The molecule has 0 rings (SSSR count). The normalized spacial score (nSPS) is 12.9. The van der Waals surface area contributed by atoms with Gasteiger partial charge >= 0.3 is 0 Å². The van der Waals surface area contributed by atoms with Gasteiger partial charge in [-0.25, -0.2) is 0 Å². The molecule has 0 N–H and O–H groups in total. The Morgan fingerprint density at radius 3 is 1.53 bits per heavy atom. The van der Waals surface area contributed by atoms with E-state index in [1.165, 1.54) is 109 Å². The lowest BCUT2D eigenvalue weighted by molar-refractivity contribution is -0.105. The van der Waals surface area contributed by atoms with Crippen LogP contribution in [0.5, 0.6) is 0 Å². The summed E-state index contributed by atoms with van der Waals surface area (Å²) >= 11 is 0. The van der Waals surface area contributed by atoms with Crippen LogP contribution in [0.1, 0.15) is 149 Å². The molecule has 0 saturated carbocycles. The SMILES string of the molecule is CCCC/C=C\CCCCCCCC([O])OC=CCCCCCCCCCCCC. The Hall–Kier alpha value is -0.760. The Balaban J connectivity index is 3.26. The van der Waals surface area contributed by atoms with E-state index in [1.807, 2.05) is 6.08 Å². The maximum Gasteiger partial charge on any atom is 0.230 e. The molecule has 2 nitrogen and oxygen atoms in total. The summed E-state index contributed by atoms with van der Waals surface area (Å²) in [5.74, 6) is 0. The van der Waals surface area contributed by atoms with Gasteiger partial charge in [-0.05, 0) is 44.6 Å². The smallest absolute Gasteiger partial charge is 0.230 e. The highest BCUT2D eigenvalue weighted by molar-refractivity contribution is 4.81. The highest BCUT2D eigenvalue weighted by Crippen LogP contribution is 2.12. The van der Waals surface area contributed by atoms with Gasteiger partial charge in [-0.1, -0.05) is 116 Å². The third-order valence-corrected chi connectivity index (χ3v) is 5.75. The van der Waals surface area contributed by atoms with Crippen molar-refractivity contribution in [1.29, 1.82) is 0 Å². The van der Waals surface area contributed by atoms with Crippen molar-refractivity contribution < 1.29 is 9.84 Å². The van der Waals surface area contributed by atoms with Crippen LogP contribution >= 0.6 is 0 Å². The van der Waals surface area contributed by atoms with E-state index >= 15 is 0 Å². The molecule has 0 aromatic heterocycles. The summed E-state index contributed by atoms with van der Waals surface area (Å²) in [7, 11) is 0. The van der Waals surface area contributed by atoms with Crippen molar-refractivity contribution in [2.24, 2.45) is 0 Å². The molecule has 0 aliphatic rings. The van der Waals surface area contributed by atoms with Gasteiger partial charge in [0.05, 0.1) is 6.26 Å². The summed E-state index contributed by atoms with van der Waals surface area (Å²) in [6, 6.07) is 0. The minimum absolute atomic E-state index is 0.638.